The highest BCUT2D eigenvalue weighted by molar-refractivity contribution is 5.76. The average molecular weight is 1160 g/mol. The Morgan fingerprint density at radius 2 is 0.573 bits per heavy atom. The third-order valence-electron chi connectivity index (χ3n) is 18.1. The number of nitrogens with one attached hydrogen (secondary N) is 1. The predicted octanol–water partition coefficient (Wildman–Crippen LogP) is 24.7. The van der Waals surface area contributed by atoms with Gasteiger partial charge in [0.2, 0.25) is 5.91 Å². The lowest BCUT2D eigenvalue weighted by atomic mass is 10.0. The summed E-state index contributed by atoms with van der Waals surface area (Å²) < 4.78 is 5.50. The molecule has 0 rings (SSSR count). The summed E-state index contributed by atoms with van der Waals surface area (Å²) in [5.41, 5.74) is 0. The van der Waals surface area contributed by atoms with E-state index in [-0.39, 0.29) is 18.5 Å². The van der Waals surface area contributed by atoms with E-state index in [1.54, 1.807) is 0 Å². The van der Waals surface area contributed by atoms with Crippen molar-refractivity contribution in [3.8, 4) is 0 Å². The van der Waals surface area contributed by atoms with Crippen LogP contribution in [0.4, 0.5) is 0 Å². The Kier molecular flexibility index (Phi) is 70.8. The van der Waals surface area contributed by atoms with Gasteiger partial charge in [-0.25, -0.2) is 0 Å². The van der Waals surface area contributed by atoms with Crippen LogP contribution in [0, 0.1) is 0 Å². The fourth-order valence-corrected chi connectivity index (χ4v) is 12.3. The number of esters is 1. The first-order valence-electron chi connectivity index (χ1n) is 37.9. The maximum atomic E-state index is 12.6. The van der Waals surface area contributed by atoms with Crippen molar-refractivity contribution in [1.29, 1.82) is 0 Å². The molecule has 82 heavy (non-hydrogen) atoms. The zero-order chi connectivity index (χ0) is 59.2. The van der Waals surface area contributed by atoms with Crippen LogP contribution in [0.5, 0.6) is 0 Å². The number of rotatable bonds is 72. The van der Waals surface area contributed by atoms with Crippen molar-refractivity contribution in [2.45, 2.75) is 450 Å². The molecule has 0 aromatic heterocycles. The maximum absolute atomic E-state index is 12.6. The van der Waals surface area contributed by atoms with Gasteiger partial charge in [0, 0.05) is 12.8 Å². The topological polar surface area (TPSA) is 95.9 Å². The Bertz CT molecular complexity index is 1240. The van der Waals surface area contributed by atoms with Crippen molar-refractivity contribution in [2.75, 3.05) is 13.2 Å². The lowest BCUT2D eigenvalue weighted by molar-refractivity contribution is -0.143. The number of hydrogen-bond donors (Lipinski definition) is 3. The number of unbranched alkanes of at least 4 members (excludes halogenated alkanes) is 59. The molecule has 6 nitrogen and oxygen atoms in total. The molecule has 6 heteroatoms. The van der Waals surface area contributed by atoms with Gasteiger partial charge in [-0.2, -0.15) is 0 Å². The number of carbonyl (C=O) groups excluding carboxylic acids is 2. The monoisotopic (exact) mass is 1160 g/mol. The van der Waals surface area contributed by atoms with Gasteiger partial charge in [-0.3, -0.25) is 9.59 Å². The Labute approximate surface area is 514 Å². The van der Waals surface area contributed by atoms with Gasteiger partial charge < -0.3 is 20.3 Å². The number of amides is 1. The van der Waals surface area contributed by atoms with Crippen LogP contribution in [0.2, 0.25) is 0 Å². The van der Waals surface area contributed by atoms with Gasteiger partial charge >= 0.3 is 5.97 Å². The second kappa shape index (κ2) is 72.1. The lowest BCUT2D eigenvalue weighted by Crippen LogP contribution is -2.45. The molecule has 0 saturated carbocycles. The van der Waals surface area contributed by atoms with E-state index in [2.05, 4.69) is 31.3 Å². The van der Waals surface area contributed by atoms with E-state index >= 15 is 0 Å². The molecule has 0 heterocycles. The van der Waals surface area contributed by atoms with Crippen molar-refractivity contribution in [3.63, 3.8) is 0 Å². The number of aliphatic hydroxyl groups excluding tert-OH is 2. The van der Waals surface area contributed by atoms with Crippen molar-refractivity contribution < 1.29 is 24.5 Å². The zero-order valence-corrected chi connectivity index (χ0v) is 56.0. The van der Waals surface area contributed by atoms with Crippen molar-refractivity contribution in [1.82, 2.24) is 5.32 Å². The van der Waals surface area contributed by atoms with Gasteiger partial charge in [0.05, 0.1) is 25.4 Å². The summed E-state index contributed by atoms with van der Waals surface area (Å²) in [7, 11) is 0. The second-order valence-corrected chi connectivity index (χ2v) is 26.3. The largest absolute Gasteiger partial charge is 0.466 e. The van der Waals surface area contributed by atoms with E-state index in [9.17, 15) is 19.8 Å². The minimum atomic E-state index is -0.666. The fraction of sp³-hybridized carbons (Fsp3) is 0.947. The van der Waals surface area contributed by atoms with Gasteiger partial charge in [-0.1, -0.05) is 386 Å². The highest BCUT2D eigenvalue weighted by Gasteiger charge is 2.20. The standard InChI is InChI=1S/C76H149NO5/c1-3-5-7-9-11-13-15-17-19-20-21-22-28-31-34-37-41-44-48-52-56-60-64-68-74(79)73(72-78)77-75(80)69-65-61-57-53-49-45-42-38-35-32-29-26-24-23-25-27-30-33-36-39-43-47-51-55-59-63-67-71-82-76(81)70-66-62-58-54-50-46-40-18-16-14-12-10-8-6-4-2/h23-24,73-74,78-79H,3-22,25-72H2,1-2H3,(H,77,80)/b24-23-. The molecule has 0 saturated heterocycles. The van der Waals surface area contributed by atoms with E-state index in [0.717, 1.165) is 38.5 Å². The first kappa shape index (κ1) is 80.6. The van der Waals surface area contributed by atoms with Crippen LogP contribution in [0.25, 0.3) is 0 Å². The molecule has 0 bridgehead atoms. The van der Waals surface area contributed by atoms with Crippen molar-refractivity contribution in [2.24, 2.45) is 0 Å². The molecular weight excluding hydrogens is 1010 g/mol. The van der Waals surface area contributed by atoms with Crippen LogP contribution < -0.4 is 5.32 Å². The second-order valence-electron chi connectivity index (χ2n) is 26.3. The van der Waals surface area contributed by atoms with Crippen LogP contribution in [-0.2, 0) is 14.3 Å². The van der Waals surface area contributed by atoms with Crippen LogP contribution in [-0.4, -0.2) is 47.4 Å². The van der Waals surface area contributed by atoms with Crippen LogP contribution in [0.15, 0.2) is 12.2 Å². The maximum Gasteiger partial charge on any atom is 0.305 e. The number of allylic oxidation sites excluding steroid dienone is 2. The normalized spacial score (nSPS) is 12.5. The van der Waals surface area contributed by atoms with Gasteiger partial charge in [0.15, 0.2) is 0 Å². The first-order chi connectivity index (χ1) is 40.5. The molecule has 488 valence electrons. The molecule has 0 aliphatic heterocycles. The van der Waals surface area contributed by atoms with Gasteiger partial charge in [0.1, 0.15) is 0 Å². The molecule has 0 aromatic carbocycles. The third kappa shape index (κ3) is 67.7. The molecule has 0 radical (unpaired) electrons. The molecule has 1 amide bonds. The molecule has 0 aliphatic carbocycles. The van der Waals surface area contributed by atoms with Crippen LogP contribution in [0.1, 0.15) is 438 Å². The van der Waals surface area contributed by atoms with E-state index in [0.29, 0.717) is 25.9 Å². The number of aliphatic hydroxyl groups is 2. The minimum absolute atomic E-state index is 0.0193. The van der Waals surface area contributed by atoms with Crippen molar-refractivity contribution in [3.05, 3.63) is 12.2 Å². The highest BCUT2D eigenvalue weighted by atomic mass is 16.5. The zero-order valence-electron chi connectivity index (χ0n) is 56.0. The molecule has 2 atom stereocenters. The summed E-state index contributed by atoms with van der Waals surface area (Å²) in [4.78, 5) is 24.6. The van der Waals surface area contributed by atoms with E-state index in [1.165, 1.54) is 366 Å². The first-order valence-corrected chi connectivity index (χ1v) is 37.9. The Balaban J connectivity index is 3.37. The van der Waals surface area contributed by atoms with E-state index < -0.39 is 12.1 Å². The average Bonchev–Trinajstić information content (AvgIpc) is 3.48. The lowest BCUT2D eigenvalue weighted by Gasteiger charge is -2.22. The summed E-state index contributed by atoms with van der Waals surface area (Å²) >= 11 is 0. The summed E-state index contributed by atoms with van der Waals surface area (Å²) in [5.74, 6) is -0.0108. The summed E-state index contributed by atoms with van der Waals surface area (Å²) in [6.45, 7) is 5.01. The number of ether oxygens (including phenoxy) is 1. The molecule has 0 fully saturated rings. The third-order valence-corrected chi connectivity index (χ3v) is 18.1. The summed E-state index contributed by atoms with van der Waals surface area (Å²) in [6, 6.07) is -0.543. The van der Waals surface area contributed by atoms with Gasteiger partial charge in [0.25, 0.3) is 0 Å². The van der Waals surface area contributed by atoms with Gasteiger partial charge in [-0.05, 0) is 51.4 Å². The van der Waals surface area contributed by atoms with Crippen LogP contribution >= 0.6 is 0 Å². The van der Waals surface area contributed by atoms with E-state index in [1.807, 2.05) is 0 Å². The fourth-order valence-electron chi connectivity index (χ4n) is 12.3. The Morgan fingerprint density at radius 3 is 0.866 bits per heavy atom. The molecule has 0 aromatic rings. The highest BCUT2D eigenvalue weighted by Crippen LogP contribution is 2.20. The minimum Gasteiger partial charge on any atom is -0.466 e. The molecule has 2 unspecified atom stereocenters. The Morgan fingerprint density at radius 1 is 0.329 bits per heavy atom. The number of carbonyl (C=O) groups is 2. The van der Waals surface area contributed by atoms with Crippen molar-refractivity contribution >= 4 is 11.9 Å². The molecule has 0 aliphatic rings. The predicted molar refractivity (Wildman–Crippen MR) is 361 cm³/mol. The smallest absolute Gasteiger partial charge is 0.305 e. The Hall–Kier alpha value is -1.40. The summed E-state index contributed by atoms with van der Waals surface area (Å²) in [5, 5.41) is 23.5. The molecular formula is C76H149NO5. The van der Waals surface area contributed by atoms with Crippen LogP contribution in [0.3, 0.4) is 0 Å². The quantitative estimate of drug-likeness (QED) is 0.0320. The van der Waals surface area contributed by atoms with E-state index in [4.69, 9.17) is 4.74 Å². The molecule has 0 spiro atoms. The SMILES string of the molecule is CCCCCCCCCCCCCCCCCCCCCCCCCC(O)C(CO)NC(=O)CCCCCCCCCCCCC/C=C\CCCCCCCCCCCCCCOC(=O)CCCCCCCCCCCCCCCCC. The molecule has 3 N–H and O–H groups in total. The summed E-state index contributed by atoms with van der Waals surface area (Å²) in [6.07, 6.45) is 89.9. The van der Waals surface area contributed by atoms with Gasteiger partial charge in [-0.15, -0.1) is 0 Å². The number of hydrogen-bond acceptors (Lipinski definition) is 5.